The molecule has 3 nitrogen and oxygen atoms in total. The Labute approximate surface area is 67.7 Å². The van der Waals surface area contributed by atoms with Crippen LogP contribution < -0.4 is 0 Å². The van der Waals surface area contributed by atoms with Crippen molar-refractivity contribution in [1.29, 1.82) is 0 Å². The normalized spacial score (nSPS) is 14.5. The lowest BCUT2D eigenvalue weighted by Gasteiger charge is -2.09. The summed E-state index contributed by atoms with van der Waals surface area (Å²) in [6, 6.07) is 0. The van der Waals surface area contributed by atoms with E-state index in [0.29, 0.717) is 6.42 Å². The Morgan fingerprint density at radius 2 is 1.82 bits per heavy atom. The Morgan fingerprint density at radius 1 is 1.36 bits per heavy atom. The average Bonchev–Trinajstić information content (AvgIpc) is 1.88. The van der Waals surface area contributed by atoms with Crippen LogP contribution in [0.5, 0.6) is 0 Å². The molecule has 0 aliphatic carbocycles. The van der Waals surface area contributed by atoms with Gasteiger partial charge >= 0.3 is 0 Å². The Balaban J connectivity index is 4.65. The van der Waals surface area contributed by atoms with Gasteiger partial charge in [0.15, 0.2) is 9.84 Å². The van der Waals surface area contributed by atoms with Crippen LogP contribution in [0.2, 0.25) is 0 Å². The number of sulfone groups is 1. The zero-order valence-electron chi connectivity index (χ0n) is 7.12. The number of ketones is 1. The molecule has 0 radical (unpaired) electrons. The van der Waals surface area contributed by atoms with Gasteiger partial charge in [-0.15, -0.1) is 0 Å². The van der Waals surface area contributed by atoms with Crippen LogP contribution in [0, 0.1) is 0 Å². The molecule has 0 aliphatic heterocycles. The predicted molar refractivity (Wildman–Crippen MR) is 44.2 cm³/mol. The molecule has 0 aromatic carbocycles. The van der Waals surface area contributed by atoms with Gasteiger partial charge in [0, 0.05) is 5.75 Å². The lowest BCUT2D eigenvalue weighted by Crippen LogP contribution is -2.29. The molecule has 0 aromatic heterocycles. The number of carbonyl (C=O) groups excluding carboxylic acids is 1. The first kappa shape index (κ1) is 10.6. The minimum atomic E-state index is -3.16. The molecule has 0 fully saturated rings. The molecular weight excluding hydrogens is 164 g/mol. The van der Waals surface area contributed by atoms with Gasteiger partial charge in [0.25, 0.3) is 0 Å². The van der Waals surface area contributed by atoms with E-state index < -0.39 is 15.1 Å². The molecule has 0 unspecified atom stereocenters. The van der Waals surface area contributed by atoms with Crippen molar-refractivity contribution in [2.45, 2.75) is 32.4 Å². The van der Waals surface area contributed by atoms with Gasteiger partial charge in [0.1, 0.15) is 11.0 Å². The van der Waals surface area contributed by atoms with Gasteiger partial charge < -0.3 is 0 Å². The molecular formula is C7H14O3S. The number of rotatable bonds is 4. The van der Waals surface area contributed by atoms with Crippen LogP contribution in [0.1, 0.15) is 27.2 Å². The first-order valence-corrected chi connectivity index (χ1v) is 5.39. The molecule has 11 heavy (non-hydrogen) atoms. The molecule has 0 rings (SSSR count). The van der Waals surface area contributed by atoms with E-state index in [2.05, 4.69) is 0 Å². The summed E-state index contributed by atoms with van der Waals surface area (Å²) >= 11 is 0. The van der Waals surface area contributed by atoms with Crippen LogP contribution in [0.25, 0.3) is 0 Å². The van der Waals surface area contributed by atoms with E-state index in [4.69, 9.17) is 0 Å². The third-order valence-corrected chi connectivity index (χ3v) is 4.00. The van der Waals surface area contributed by atoms with Crippen molar-refractivity contribution in [3.63, 3.8) is 0 Å². The molecule has 0 heterocycles. The van der Waals surface area contributed by atoms with Crippen molar-refractivity contribution in [2.24, 2.45) is 0 Å². The van der Waals surface area contributed by atoms with Gasteiger partial charge in [-0.3, -0.25) is 4.79 Å². The standard InChI is InChI=1S/C7H14O3S/c1-4-7(6(3)8)11(9,10)5-2/h7H,4-5H2,1-3H3/t7-/m1/s1. The number of Topliss-reactive ketones (excluding diaryl/α,β-unsaturated/α-hetero) is 1. The molecule has 0 aromatic rings. The minimum Gasteiger partial charge on any atom is -0.299 e. The Morgan fingerprint density at radius 3 is 1.91 bits per heavy atom. The van der Waals surface area contributed by atoms with Crippen LogP contribution >= 0.6 is 0 Å². The van der Waals surface area contributed by atoms with Crippen LogP contribution in [-0.4, -0.2) is 25.2 Å². The van der Waals surface area contributed by atoms with Gasteiger partial charge in [-0.2, -0.15) is 0 Å². The van der Waals surface area contributed by atoms with E-state index in [-0.39, 0.29) is 11.5 Å². The van der Waals surface area contributed by atoms with Gasteiger partial charge in [-0.1, -0.05) is 13.8 Å². The maximum absolute atomic E-state index is 11.2. The summed E-state index contributed by atoms with van der Waals surface area (Å²) in [5, 5.41) is -0.785. The minimum absolute atomic E-state index is 0.0467. The van der Waals surface area contributed by atoms with Gasteiger partial charge in [0.05, 0.1) is 0 Å². The molecule has 0 aliphatic rings. The first-order valence-electron chi connectivity index (χ1n) is 3.67. The number of hydrogen-bond donors (Lipinski definition) is 0. The van der Waals surface area contributed by atoms with E-state index in [0.717, 1.165) is 0 Å². The van der Waals surface area contributed by atoms with Crippen molar-refractivity contribution in [3.8, 4) is 0 Å². The van der Waals surface area contributed by atoms with Crippen molar-refractivity contribution >= 4 is 15.6 Å². The molecule has 0 bridgehead atoms. The summed E-state index contributed by atoms with van der Waals surface area (Å²) in [5.74, 6) is -0.209. The maximum atomic E-state index is 11.2. The largest absolute Gasteiger partial charge is 0.299 e. The first-order chi connectivity index (χ1) is 4.95. The highest BCUT2D eigenvalue weighted by atomic mass is 32.2. The summed E-state index contributed by atoms with van der Waals surface area (Å²) in [5.41, 5.74) is 0. The molecule has 0 spiro atoms. The van der Waals surface area contributed by atoms with E-state index in [1.54, 1.807) is 13.8 Å². The van der Waals surface area contributed by atoms with Crippen molar-refractivity contribution in [3.05, 3.63) is 0 Å². The second-order valence-corrected chi connectivity index (χ2v) is 4.93. The quantitative estimate of drug-likeness (QED) is 0.639. The Kier molecular flexibility index (Phi) is 3.72. The van der Waals surface area contributed by atoms with E-state index >= 15 is 0 Å². The van der Waals surface area contributed by atoms with Crippen LogP contribution in [0.15, 0.2) is 0 Å². The van der Waals surface area contributed by atoms with Crippen molar-refractivity contribution < 1.29 is 13.2 Å². The van der Waals surface area contributed by atoms with Gasteiger partial charge in [-0.25, -0.2) is 8.42 Å². The van der Waals surface area contributed by atoms with Gasteiger partial charge in [0.2, 0.25) is 0 Å². The topological polar surface area (TPSA) is 51.2 Å². The maximum Gasteiger partial charge on any atom is 0.159 e. The van der Waals surface area contributed by atoms with Crippen LogP contribution in [-0.2, 0) is 14.6 Å². The average molecular weight is 178 g/mol. The third-order valence-electron chi connectivity index (χ3n) is 1.66. The second kappa shape index (κ2) is 3.85. The van der Waals surface area contributed by atoms with Gasteiger partial charge in [-0.05, 0) is 13.3 Å². The van der Waals surface area contributed by atoms with E-state index in [9.17, 15) is 13.2 Å². The fourth-order valence-corrected chi connectivity index (χ4v) is 2.41. The molecule has 0 saturated heterocycles. The predicted octanol–water partition coefficient (Wildman–Crippen LogP) is 0.789. The van der Waals surface area contributed by atoms with Crippen LogP contribution in [0.3, 0.4) is 0 Å². The van der Waals surface area contributed by atoms with Crippen molar-refractivity contribution in [2.75, 3.05) is 5.75 Å². The Hall–Kier alpha value is -0.380. The SMILES string of the molecule is CC[C@H](C(C)=O)S(=O)(=O)CC. The zero-order chi connectivity index (χ0) is 9.07. The molecule has 66 valence electrons. The molecule has 0 amide bonds. The molecule has 4 heteroatoms. The molecule has 0 N–H and O–H groups in total. The highest BCUT2D eigenvalue weighted by Crippen LogP contribution is 2.07. The highest BCUT2D eigenvalue weighted by Gasteiger charge is 2.25. The summed E-state index contributed by atoms with van der Waals surface area (Å²) in [4.78, 5) is 10.8. The monoisotopic (exact) mass is 178 g/mol. The van der Waals surface area contributed by atoms with E-state index in [1.165, 1.54) is 6.92 Å². The van der Waals surface area contributed by atoms with E-state index in [1.807, 2.05) is 0 Å². The summed E-state index contributed by atoms with van der Waals surface area (Å²) in [7, 11) is -3.16. The summed E-state index contributed by atoms with van der Waals surface area (Å²) in [6.45, 7) is 4.58. The highest BCUT2D eigenvalue weighted by molar-refractivity contribution is 7.92. The second-order valence-electron chi connectivity index (χ2n) is 2.46. The molecule has 1 atom stereocenters. The summed E-state index contributed by atoms with van der Waals surface area (Å²) < 4.78 is 22.3. The molecule has 0 saturated carbocycles. The fraction of sp³-hybridized carbons (Fsp3) is 0.857. The Bertz CT molecular complexity index is 228. The lowest BCUT2D eigenvalue weighted by molar-refractivity contribution is -0.116. The van der Waals surface area contributed by atoms with Crippen LogP contribution in [0.4, 0.5) is 0 Å². The summed E-state index contributed by atoms with van der Waals surface area (Å²) in [6.07, 6.45) is 0.380. The number of carbonyl (C=O) groups is 1. The van der Waals surface area contributed by atoms with Crippen molar-refractivity contribution in [1.82, 2.24) is 0 Å². The fourth-order valence-electron chi connectivity index (χ4n) is 0.995. The third kappa shape index (κ3) is 2.61. The lowest BCUT2D eigenvalue weighted by atomic mass is 10.2. The smallest absolute Gasteiger partial charge is 0.159 e. The zero-order valence-corrected chi connectivity index (χ0v) is 7.94. The number of hydrogen-bond acceptors (Lipinski definition) is 3.